The van der Waals surface area contributed by atoms with E-state index in [1.54, 1.807) is 12.1 Å². The van der Waals surface area contributed by atoms with Gasteiger partial charge in [0, 0.05) is 45.3 Å². The van der Waals surface area contributed by atoms with Gasteiger partial charge in [0.05, 0.1) is 11.1 Å². The highest BCUT2D eigenvalue weighted by atomic mass is 19.4. The molecule has 44 heavy (non-hydrogen) atoms. The number of para-hydroxylation sites is 1. The molecular weight excluding hydrogens is 584 g/mol. The minimum Gasteiger partial charge on any atom is -0.358 e. The summed E-state index contributed by atoms with van der Waals surface area (Å²) >= 11 is 0. The summed E-state index contributed by atoms with van der Waals surface area (Å²) in [6, 6.07) is 19.6. The van der Waals surface area contributed by atoms with Gasteiger partial charge < -0.3 is 9.80 Å². The van der Waals surface area contributed by atoms with E-state index in [0.29, 0.717) is 51.0 Å². The van der Waals surface area contributed by atoms with E-state index in [1.165, 1.54) is 11.9 Å². The van der Waals surface area contributed by atoms with Crippen LogP contribution in [0.1, 0.15) is 47.6 Å². The highest BCUT2D eigenvalue weighted by molar-refractivity contribution is 5.95. The molecule has 1 unspecified atom stereocenters. The van der Waals surface area contributed by atoms with Crippen molar-refractivity contribution in [1.29, 1.82) is 0 Å². The van der Waals surface area contributed by atoms with Crippen LogP contribution in [-0.2, 0) is 28.4 Å². The molecule has 0 N–H and O–H groups in total. The topological polar surface area (TPSA) is 43.9 Å². The zero-order valence-electron chi connectivity index (χ0n) is 24.2. The Kier molecular flexibility index (Phi) is 8.80. The van der Waals surface area contributed by atoms with Gasteiger partial charge in [0.15, 0.2) is 5.78 Å². The van der Waals surface area contributed by atoms with Crippen LogP contribution in [0.4, 0.5) is 32.0 Å². The van der Waals surface area contributed by atoms with Crippen LogP contribution >= 0.6 is 0 Å². The third-order valence-electron chi connectivity index (χ3n) is 8.77. The van der Waals surface area contributed by atoms with E-state index in [1.807, 2.05) is 53.4 Å². The van der Waals surface area contributed by atoms with Crippen molar-refractivity contribution in [1.82, 2.24) is 9.80 Å². The van der Waals surface area contributed by atoms with Gasteiger partial charge in [-0.2, -0.15) is 26.3 Å². The molecule has 2 heterocycles. The fourth-order valence-corrected chi connectivity index (χ4v) is 6.42. The van der Waals surface area contributed by atoms with Crippen molar-refractivity contribution in [3.8, 4) is 0 Å². The third-order valence-corrected chi connectivity index (χ3v) is 8.77. The number of alkyl halides is 6. The van der Waals surface area contributed by atoms with Crippen molar-refractivity contribution >= 4 is 17.4 Å². The van der Waals surface area contributed by atoms with Gasteiger partial charge in [0.25, 0.3) is 0 Å². The van der Waals surface area contributed by atoms with Crippen LogP contribution in [0.25, 0.3) is 0 Å². The summed E-state index contributed by atoms with van der Waals surface area (Å²) in [6.07, 6.45) is -8.60. The first-order valence-electron chi connectivity index (χ1n) is 14.5. The van der Waals surface area contributed by atoms with Gasteiger partial charge in [-0.25, -0.2) is 0 Å². The predicted octanol–water partition coefficient (Wildman–Crippen LogP) is 6.78. The Bertz CT molecular complexity index is 1440. The van der Waals surface area contributed by atoms with Crippen LogP contribution in [0, 0.1) is 0 Å². The standard InChI is InChI=1S/C33H33F6N3O2/c1-40(16-12-23-20-25(32(34,35)36)22-26(21-23)33(37,38)39)30(44)29(24-8-4-2-5-9-24)41-18-14-31(15-19-41)28(43)13-17-42(31)27-10-6-3-7-11-27/h2-11,20-22,29H,12-19H2,1H3. The van der Waals surface area contributed by atoms with Crippen LogP contribution < -0.4 is 4.90 Å². The summed E-state index contributed by atoms with van der Waals surface area (Å²) in [7, 11) is 1.50. The zero-order chi connectivity index (χ0) is 31.7. The second-order valence-electron chi connectivity index (χ2n) is 11.5. The normalized spacial score (nSPS) is 18.1. The van der Waals surface area contributed by atoms with Crippen LogP contribution in [0.2, 0.25) is 0 Å². The first-order valence-corrected chi connectivity index (χ1v) is 14.5. The van der Waals surface area contributed by atoms with Gasteiger partial charge in [-0.1, -0.05) is 48.5 Å². The molecular formula is C33H33F6N3O2. The molecule has 2 aliphatic rings. The summed E-state index contributed by atoms with van der Waals surface area (Å²) in [6.45, 7) is 1.45. The zero-order valence-corrected chi connectivity index (χ0v) is 24.2. The number of amides is 1. The number of hydrogen-bond acceptors (Lipinski definition) is 4. The van der Waals surface area contributed by atoms with Gasteiger partial charge >= 0.3 is 12.4 Å². The maximum absolute atomic E-state index is 13.9. The van der Waals surface area contributed by atoms with E-state index in [9.17, 15) is 35.9 Å². The highest BCUT2D eigenvalue weighted by Gasteiger charge is 2.51. The number of rotatable bonds is 7. The number of nitrogens with zero attached hydrogens (tertiary/aromatic N) is 3. The Hall–Kier alpha value is -3.86. The van der Waals surface area contributed by atoms with E-state index in [0.717, 1.165) is 11.3 Å². The lowest BCUT2D eigenvalue weighted by Crippen LogP contribution is -2.57. The van der Waals surface area contributed by atoms with Gasteiger partial charge in [0.1, 0.15) is 11.6 Å². The Morgan fingerprint density at radius 1 is 0.841 bits per heavy atom. The van der Waals surface area contributed by atoms with Crippen molar-refractivity contribution in [2.45, 2.75) is 49.6 Å². The average molecular weight is 618 g/mol. The molecule has 1 atom stereocenters. The first-order chi connectivity index (χ1) is 20.8. The summed E-state index contributed by atoms with van der Waals surface area (Å²) in [5.41, 5.74) is -1.89. The molecule has 2 saturated heterocycles. The molecule has 1 spiro atoms. The van der Waals surface area contributed by atoms with Gasteiger partial charge in [-0.3, -0.25) is 14.5 Å². The SMILES string of the molecule is CN(CCc1cc(C(F)(F)F)cc(C(F)(F)F)c1)C(=O)C(c1ccccc1)N1CCC2(CC1)C(=O)CCN2c1ccccc1. The van der Waals surface area contributed by atoms with Crippen molar-refractivity contribution in [2.75, 3.05) is 38.1 Å². The third kappa shape index (κ3) is 6.47. The molecule has 5 nitrogen and oxygen atoms in total. The van der Waals surface area contributed by atoms with E-state index < -0.39 is 35.1 Å². The summed E-state index contributed by atoms with van der Waals surface area (Å²) < 4.78 is 80.1. The lowest BCUT2D eigenvalue weighted by molar-refractivity contribution is -0.143. The van der Waals surface area contributed by atoms with Gasteiger partial charge in [-0.05, 0) is 60.7 Å². The van der Waals surface area contributed by atoms with Gasteiger partial charge in [-0.15, -0.1) is 0 Å². The van der Waals surface area contributed by atoms with E-state index in [2.05, 4.69) is 4.90 Å². The van der Waals surface area contributed by atoms with Crippen LogP contribution in [0.3, 0.4) is 0 Å². The minimum absolute atomic E-state index is 0.0845. The van der Waals surface area contributed by atoms with Crippen molar-refractivity contribution in [2.24, 2.45) is 0 Å². The monoisotopic (exact) mass is 617 g/mol. The number of piperidine rings is 1. The molecule has 3 aromatic rings. The number of likely N-dealkylation sites (N-methyl/N-ethyl adjacent to an activating group) is 1. The van der Waals surface area contributed by atoms with Crippen LogP contribution in [0.15, 0.2) is 78.9 Å². The number of likely N-dealkylation sites (tertiary alicyclic amines) is 1. The van der Waals surface area contributed by atoms with Crippen LogP contribution in [-0.4, -0.2) is 60.3 Å². The summed E-state index contributed by atoms with van der Waals surface area (Å²) in [5, 5.41) is 0. The summed E-state index contributed by atoms with van der Waals surface area (Å²) in [4.78, 5) is 32.7. The van der Waals surface area contributed by atoms with E-state index in [-0.39, 0.29) is 36.3 Å². The highest BCUT2D eigenvalue weighted by Crippen LogP contribution is 2.41. The quantitative estimate of drug-likeness (QED) is 0.274. The number of ketones is 1. The Morgan fingerprint density at radius 3 is 1.93 bits per heavy atom. The number of anilines is 1. The van der Waals surface area contributed by atoms with Crippen molar-refractivity contribution in [3.05, 3.63) is 101 Å². The largest absolute Gasteiger partial charge is 0.416 e. The Balaban J connectivity index is 1.34. The maximum Gasteiger partial charge on any atom is 0.416 e. The molecule has 0 radical (unpaired) electrons. The number of carbonyl (C=O) groups excluding carboxylic acids is 2. The van der Waals surface area contributed by atoms with E-state index >= 15 is 0 Å². The van der Waals surface area contributed by atoms with Gasteiger partial charge in [0.2, 0.25) is 5.91 Å². The second-order valence-corrected chi connectivity index (χ2v) is 11.5. The minimum atomic E-state index is -4.95. The first kappa shape index (κ1) is 31.6. The Morgan fingerprint density at radius 2 is 1.39 bits per heavy atom. The number of Topliss-reactive ketones (excluding diaryl/α,β-unsaturated/α-hetero) is 1. The van der Waals surface area contributed by atoms with Crippen molar-refractivity contribution < 1.29 is 35.9 Å². The van der Waals surface area contributed by atoms with E-state index in [4.69, 9.17) is 0 Å². The number of hydrogen-bond donors (Lipinski definition) is 0. The molecule has 234 valence electrons. The molecule has 2 aliphatic heterocycles. The number of halogens is 6. The molecule has 0 aromatic heterocycles. The molecule has 0 aliphatic carbocycles. The number of carbonyl (C=O) groups is 2. The molecule has 2 fully saturated rings. The maximum atomic E-state index is 13.9. The summed E-state index contributed by atoms with van der Waals surface area (Å²) in [5.74, 6) is -0.146. The molecule has 5 rings (SSSR count). The molecule has 0 bridgehead atoms. The predicted molar refractivity (Wildman–Crippen MR) is 154 cm³/mol. The average Bonchev–Trinajstić information content (AvgIpc) is 3.31. The lowest BCUT2D eigenvalue weighted by Gasteiger charge is -2.46. The fourth-order valence-electron chi connectivity index (χ4n) is 6.42. The van der Waals surface area contributed by atoms with Crippen LogP contribution in [0.5, 0.6) is 0 Å². The molecule has 1 amide bonds. The van der Waals surface area contributed by atoms with Crippen molar-refractivity contribution in [3.63, 3.8) is 0 Å². The smallest absolute Gasteiger partial charge is 0.358 e. The molecule has 11 heteroatoms. The second kappa shape index (κ2) is 12.3. The lowest BCUT2D eigenvalue weighted by atomic mass is 9.82. The molecule has 0 saturated carbocycles. The number of benzene rings is 3. The fraction of sp³-hybridized carbons (Fsp3) is 0.394. The Labute approximate surface area is 252 Å². The molecule has 3 aromatic carbocycles.